The van der Waals surface area contributed by atoms with Gasteiger partial charge in [-0.15, -0.1) is 0 Å². The van der Waals surface area contributed by atoms with Gasteiger partial charge in [-0.2, -0.15) is 0 Å². The van der Waals surface area contributed by atoms with Gasteiger partial charge in [-0.3, -0.25) is 4.99 Å². The molecule has 0 aliphatic heterocycles. The molecule has 2 fully saturated rings. The molecule has 2 aliphatic rings. The predicted octanol–water partition coefficient (Wildman–Crippen LogP) is 1.24. The maximum absolute atomic E-state index is 5.71. The lowest BCUT2D eigenvalue weighted by Crippen LogP contribution is -2.35. The number of nitrogens with one attached hydrogen (secondary N) is 1. The van der Waals surface area contributed by atoms with Crippen molar-refractivity contribution in [3.8, 4) is 0 Å². The second-order valence-corrected chi connectivity index (χ2v) is 4.33. The van der Waals surface area contributed by atoms with E-state index < -0.39 is 0 Å². The normalized spacial score (nSPS) is 30.8. The summed E-state index contributed by atoms with van der Waals surface area (Å²) >= 11 is 0. The molecular formula is C10H19N3. The number of aliphatic imine (C=N–C) groups is 1. The molecule has 0 radical (unpaired) electrons. The van der Waals surface area contributed by atoms with Crippen LogP contribution in [0.1, 0.15) is 39.0 Å². The van der Waals surface area contributed by atoms with Crippen LogP contribution in [-0.4, -0.2) is 18.5 Å². The molecule has 1 unspecified atom stereocenters. The first kappa shape index (κ1) is 8.85. The fraction of sp³-hybridized carbons (Fsp3) is 0.900. The van der Waals surface area contributed by atoms with Crippen molar-refractivity contribution in [3.05, 3.63) is 0 Å². The standard InChI is InChI=1S/C10H19N3/c1-2-12-9(11)13-8-7-10(8)5-3-4-6-10/h8H,2-7H2,1H3,(H3,11,12,13). The summed E-state index contributed by atoms with van der Waals surface area (Å²) in [7, 11) is 0. The van der Waals surface area contributed by atoms with Gasteiger partial charge in [0, 0.05) is 12.6 Å². The van der Waals surface area contributed by atoms with Crippen LogP contribution in [0.25, 0.3) is 0 Å². The van der Waals surface area contributed by atoms with Crippen LogP contribution in [0.5, 0.6) is 0 Å². The molecule has 2 rings (SSSR count). The monoisotopic (exact) mass is 181 g/mol. The van der Waals surface area contributed by atoms with E-state index in [1.54, 1.807) is 0 Å². The fourth-order valence-electron chi connectivity index (χ4n) is 2.58. The molecule has 74 valence electrons. The zero-order valence-electron chi connectivity index (χ0n) is 8.34. The van der Waals surface area contributed by atoms with Crippen LogP contribution in [0, 0.1) is 5.41 Å². The minimum atomic E-state index is 0.619. The average molecular weight is 181 g/mol. The van der Waals surface area contributed by atoms with E-state index in [9.17, 15) is 0 Å². The first-order chi connectivity index (χ1) is 6.27. The van der Waals surface area contributed by atoms with E-state index in [4.69, 9.17) is 5.73 Å². The highest BCUT2D eigenvalue weighted by atomic mass is 15.1. The van der Waals surface area contributed by atoms with Crippen molar-refractivity contribution in [1.29, 1.82) is 0 Å². The number of rotatable bonds is 2. The summed E-state index contributed by atoms with van der Waals surface area (Å²) in [5, 5.41) is 3.32. The molecule has 2 aliphatic carbocycles. The van der Waals surface area contributed by atoms with E-state index in [1.807, 2.05) is 6.92 Å². The van der Waals surface area contributed by atoms with Gasteiger partial charge in [-0.05, 0) is 31.6 Å². The minimum absolute atomic E-state index is 0.619. The molecule has 3 heteroatoms. The van der Waals surface area contributed by atoms with Gasteiger partial charge >= 0.3 is 0 Å². The van der Waals surface area contributed by atoms with Gasteiger partial charge in [-0.1, -0.05) is 12.8 Å². The van der Waals surface area contributed by atoms with Crippen molar-refractivity contribution in [3.63, 3.8) is 0 Å². The largest absolute Gasteiger partial charge is 0.370 e. The molecule has 2 saturated carbocycles. The molecule has 0 amide bonds. The van der Waals surface area contributed by atoms with E-state index in [2.05, 4.69) is 10.3 Å². The molecule has 0 aromatic heterocycles. The maximum Gasteiger partial charge on any atom is 0.188 e. The summed E-state index contributed by atoms with van der Waals surface area (Å²) in [4.78, 5) is 4.14. The second kappa shape index (κ2) is 3.20. The van der Waals surface area contributed by atoms with Crippen LogP contribution < -0.4 is 11.1 Å². The van der Waals surface area contributed by atoms with Crippen molar-refractivity contribution in [1.82, 2.24) is 5.32 Å². The van der Waals surface area contributed by atoms with E-state index in [0.717, 1.165) is 6.54 Å². The lowest BCUT2D eigenvalue weighted by atomic mass is 10.1. The molecule has 0 aromatic rings. The maximum atomic E-state index is 5.71. The lowest BCUT2D eigenvalue weighted by molar-refractivity contribution is 0.496. The third-order valence-electron chi connectivity index (χ3n) is 3.44. The summed E-state index contributed by atoms with van der Waals surface area (Å²) in [5.74, 6) is 0.635. The van der Waals surface area contributed by atoms with Crippen molar-refractivity contribution < 1.29 is 0 Å². The topological polar surface area (TPSA) is 50.4 Å². The highest BCUT2D eigenvalue weighted by Crippen LogP contribution is 2.57. The Morgan fingerprint density at radius 2 is 2.23 bits per heavy atom. The molecule has 0 bridgehead atoms. The van der Waals surface area contributed by atoms with Gasteiger partial charge < -0.3 is 11.1 Å². The van der Waals surface area contributed by atoms with Gasteiger partial charge in [-0.25, -0.2) is 0 Å². The molecule has 1 spiro atoms. The third-order valence-corrected chi connectivity index (χ3v) is 3.44. The zero-order valence-corrected chi connectivity index (χ0v) is 8.34. The van der Waals surface area contributed by atoms with Crippen LogP contribution in [0.2, 0.25) is 0 Å². The van der Waals surface area contributed by atoms with E-state index in [1.165, 1.54) is 32.1 Å². The summed E-state index contributed by atoms with van der Waals surface area (Å²) in [6, 6.07) is 0.630. The lowest BCUT2D eigenvalue weighted by Gasteiger charge is -2.09. The molecule has 0 heterocycles. The smallest absolute Gasteiger partial charge is 0.188 e. The van der Waals surface area contributed by atoms with E-state index >= 15 is 0 Å². The number of hydrogen-bond acceptors (Lipinski definition) is 1. The number of nitrogens with zero attached hydrogens (tertiary/aromatic N) is 1. The van der Waals surface area contributed by atoms with E-state index in [-0.39, 0.29) is 0 Å². The Balaban J connectivity index is 1.83. The zero-order chi connectivity index (χ0) is 9.31. The van der Waals surface area contributed by atoms with Gasteiger partial charge in [0.05, 0.1) is 0 Å². The van der Waals surface area contributed by atoms with Crippen molar-refractivity contribution in [2.75, 3.05) is 6.54 Å². The van der Waals surface area contributed by atoms with Gasteiger partial charge in [0.2, 0.25) is 0 Å². The summed E-state index contributed by atoms with van der Waals surface area (Å²) in [6.07, 6.45) is 6.91. The summed E-state index contributed by atoms with van der Waals surface area (Å²) in [5.41, 5.74) is 6.33. The Hall–Kier alpha value is -0.730. The van der Waals surface area contributed by atoms with Crippen LogP contribution in [0.4, 0.5) is 0 Å². The van der Waals surface area contributed by atoms with Crippen molar-refractivity contribution in [2.24, 2.45) is 16.1 Å². The predicted molar refractivity (Wildman–Crippen MR) is 54.6 cm³/mol. The molecule has 13 heavy (non-hydrogen) atoms. The Labute approximate surface area is 79.8 Å². The Bertz CT molecular complexity index is 216. The molecular weight excluding hydrogens is 162 g/mol. The summed E-state index contributed by atoms with van der Waals surface area (Å²) in [6.45, 7) is 2.78. The number of guanidine groups is 1. The number of hydrogen-bond donors (Lipinski definition) is 2. The number of nitrogens with two attached hydrogens (primary N) is 1. The average Bonchev–Trinajstić information content (AvgIpc) is 2.56. The Morgan fingerprint density at radius 3 is 2.85 bits per heavy atom. The highest BCUT2D eigenvalue weighted by molar-refractivity contribution is 5.78. The van der Waals surface area contributed by atoms with E-state index in [0.29, 0.717) is 17.4 Å². The molecule has 0 saturated heterocycles. The molecule has 1 atom stereocenters. The Morgan fingerprint density at radius 1 is 1.54 bits per heavy atom. The third kappa shape index (κ3) is 1.64. The first-order valence-electron chi connectivity index (χ1n) is 5.33. The van der Waals surface area contributed by atoms with Crippen molar-refractivity contribution >= 4 is 5.96 Å². The molecule has 0 aromatic carbocycles. The molecule has 3 N–H and O–H groups in total. The fourth-order valence-corrected chi connectivity index (χ4v) is 2.58. The quantitative estimate of drug-likeness (QED) is 0.497. The second-order valence-electron chi connectivity index (χ2n) is 4.33. The minimum Gasteiger partial charge on any atom is -0.370 e. The van der Waals surface area contributed by atoms with Gasteiger partial charge in [0.25, 0.3) is 0 Å². The first-order valence-corrected chi connectivity index (χ1v) is 5.33. The van der Waals surface area contributed by atoms with Crippen LogP contribution >= 0.6 is 0 Å². The van der Waals surface area contributed by atoms with Crippen LogP contribution in [-0.2, 0) is 0 Å². The highest BCUT2D eigenvalue weighted by Gasteiger charge is 2.55. The van der Waals surface area contributed by atoms with Gasteiger partial charge in [0.15, 0.2) is 5.96 Å². The SMILES string of the molecule is CCN=C(N)NC1CC12CCCC2. The van der Waals surface area contributed by atoms with Crippen LogP contribution in [0.3, 0.4) is 0 Å². The Kier molecular flexibility index (Phi) is 2.18. The van der Waals surface area contributed by atoms with Crippen molar-refractivity contribution in [2.45, 2.75) is 45.1 Å². The van der Waals surface area contributed by atoms with Gasteiger partial charge in [0.1, 0.15) is 0 Å². The van der Waals surface area contributed by atoms with Crippen LogP contribution in [0.15, 0.2) is 4.99 Å². The summed E-state index contributed by atoms with van der Waals surface area (Å²) < 4.78 is 0. The molecule has 3 nitrogen and oxygen atoms in total.